The summed E-state index contributed by atoms with van der Waals surface area (Å²) in [7, 11) is -1.52. The highest BCUT2D eigenvalue weighted by Gasteiger charge is 2.31. The van der Waals surface area contributed by atoms with E-state index in [0.717, 1.165) is 32.6 Å². The van der Waals surface area contributed by atoms with Gasteiger partial charge in [0.25, 0.3) is 0 Å². The first-order valence-electron chi connectivity index (χ1n) is 8.54. The Labute approximate surface area is 171 Å². The van der Waals surface area contributed by atoms with Crippen LogP contribution in [0.4, 0.5) is 4.39 Å². The lowest BCUT2D eigenvalue weighted by molar-refractivity contribution is 0.0549. The van der Waals surface area contributed by atoms with Crippen LogP contribution in [0.1, 0.15) is 20.8 Å². The molecule has 0 bridgehead atoms. The van der Waals surface area contributed by atoms with E-state index in [1.54, 1.807) is 30.3 Å². The number of benzene rings is 2. The third-order valence-electron chi connectivity index (χ3n) is 4.26. The molecule has 0 aliphatic carbocycles. The SMILES string of the molecule is COC(=O)c1c(-c2ccc(S(C)(=O)=O)c(F)c2)nn(-c2ccccc2)c1C(=O)OC. The zero-order valence-corrected chi connectivity index (χ0v) is 17.1. The van der Waals surface area contributed by atoms with Crippen LogP contribution in [0.25, 0.3) is 16.9 Å². The van der Waals surface area contributed by atoms with Gasteiger partial charge in [-0.2, -0.15) is 5.10 Å². The van der Waals surface area contributed by atoms with E-state index in [4.69, 9.17) is 9.47 Å². The van der Waals surface area contributed by atoms with Crippen LogP contribution in [0.5, 0.6) is 0 Å². The van der Waals surface area contributed by atoms with Crippen molar-refractivity contribution in [2.45, 2.75) is 4.90 Å². The number of sulfone groups is 1. The molecule has 1 aromatic heterocycles. The van der Waals surface area contributed by atoms with Crippen LogP contribution >= 0.6 is 0 Å². The van der Waals surface area contributed by atoms with Gasteiger partial charge < -0.3 is 9.47 Å². The molecule has 0 saturated heterocycles. The summed E-state index contributed by atoms with van der Waals surface area (Å²) >= 11 is 0. The Morgan fingerprint density at radius 2 is 1.63 bits per heavy atom. The van der Waals surface area contributed by atoms with Crippen molar-refractivity contribution < 1.29 is 31.9 Å². The third-order valence-corrected chi connectivity index (χ3v) is 5.39. The minimum atomic E-state index is -3.79. The number of ether oxygens (including phenoxy) is 2. The zero-order chi connectivity index (χ0) is 22.1. The highest BCUT2D eigenvalue weighted by Crippen LogP contribution is 2.31. The number of methoxy groups -OCH3 is 2. The number of rotatable bonds is 5. The minimum absolute atomic E-state index is 0.0648. The van der Waals surface area contributed by atoms with Gasteiger partial charge in [0, 0.05) is 11.8 Å². The van der Waals surface area contributed by atoms with Crippen LogP contribution in [0, 0.1) is 5.82 Å². The number of carbonyl (C=O) groups is 2. The van der Waals surface area contributed by atoms with Crippen LogP contribution in [0.3, 0.4) is 0 Å². The fourth-order valence-electron chi connectivity index (χ4n) is 2.91. The molecule has 0 spiro atoms. The Bertz CT molecular complexity index is 1240. The van der Waals surface area contributed by atoms with Crippen molar-refractivity contribution in [3.05, 3.63) is 65.6 Å². The van der Waals surface area contributed by atoms with Gasteiger partial charge in [0.15, 0.2) is 15.5 Å². The van der Waals surface area contributed by atoms with Crippen molar-refractivity contribution in [1.29, 1.82) is 0 Å². The minimum Gasteiger partial charge on any atom is -0.465 e. The number of nitrogens with zero attached hydrogens (tertiary/aromatic N) is 2. The molecule has 30 heavy (non-hydrogen) atoms. The maximum absolute atomic E-state index is 14.5. The van der Waals surface area contributed by atoms with E-state index < -0.39 is 32.5 Å². The van der Waals surface area contributed by atoms with Gasteiger partial charge in [-0.1, -0.05) is 24.3 Å². The second-order valence-corrected chi connectivity index (χ2v) is 8.20. The van der Waals surface area contributed by atoms with Crippen LogP contribution in [-0.4, -0.2) is 50.6 Å². The second-order valence-electron chi connectivity index (χ2n) is 6.22. The molecule has 1 heterocycles. The van der Waals surface area contributed by atoms with Crippen molar-refractivity contribution in [1.82, 2.24) is 9.78 Å². The lowest BCUT2D eigenvalue weighted by Gasteiger charge is -2.07. The van der Waals surface area contributed by atoms with E-state index in [9.17, 15) is 22.4 Å². The molecule has 0 aliphatic rings. The molecule has 0 aliphatic heterocycles. The van der Waals surface area contributed by atoms with Crippen LogP contribution in [0.15, 0.2) is 53.4 Å². The normalized spacial score (nSPS) is 11.2. The molecule has 10 heteroatoms. The Morgan fingerprint density at radius 1 is 1.00 bits per heavy atom. The molecule has 156 valence electrons. The topological polar surface area (TPSA) is 105 Å². The number of aromatic nitrogens is 2. The van der Waals surface area contributed by atoms with Gasteiger partial charge in [0.1, 0.15) is 22.0 Å². The predicted octanol–water partition coefficient (Wildman–Crippen LogP) is 2.66. The van der Waals surface area contributed by atoms with E-state index in [-0.39, 0.29) is 22.5 Å². The molecule has 0 fully saturated rings. The number of carbonyl (C=O) groups excluding carboxylic acids is 2. The maximum atomic E-state index is 14.5. The van der Waals surface area contributed by atoms with E-state index >= 15 is 0 Å². The molecule has 3 rings (SSSR count). The number of para-hydroxylation sites is 1. The van der Waals surface area contributed by atoms with Crippen molar-refractivity contribution in [3.8, 4) is 16.9 Å². The fourth-order valence-corrected chi connectivity index (χ4v) is 3.63. The van der Waals surface area contributed by atoms with E-state index in [0.29, 0.717) is 5.69 Å². The lowest BCUT2D eigenvalue weighted by Crippen LogP contribution is -2.15. The van der Waals surface area contributed by atoms with Crippen LogP contribution < -0.4 is 0 Å². The smallest absolute Gasteiger partial charge is 0.357 e. The molecule has 8 nitrogen and oxygen atoms in total. The first kappa shape index (κ1) is 21.2. The van der Waals surface area contributed by atoms with E-state index in [1.807, 2.05) is 0 Å². The predicted molar refractivity (Wildman–Crippen MR) is 105 cm³/mol. The van der Waals surface area contributed by atoms with E-state index in [2.05, 4.69) is 5.10 Å². The summed E-state index contributed by atoms with van der Waals surface area (Å²) < 4.78 is 48.7. The molecule has 0 atom stereocenters. The summed E-state index contributed by atoms with van der Waals surface area (Å²) in [5.74, 6) is -2.76. The summed E-state index contributed by atoms with van der Waals surface area (Å²) in [5, 5.41) is 4.32. The number of halogens is 1. The molecule has 2 aromatic carbocycles. The fraction of sp³-hybridized carbons (Fsp3) is 0.150. The van der Waals surface area contributed by atoms with Gasteiger partial charge in [-0.25, -0.2) is 27.1 Å². The third kappa shape index (κ3) is 3.81. The molecular formula is C20H17FN2O6S. The lowest BCUT2D eigenvalue weighted by atomic mass is 10.1. The van der Waals surface area contributed by atoms with Crippen molar-refractivity contribution >= 4 is 21.8 Å². The average Bonchev–Trinajstić information content (AvgIpc) is 3.13. The summed E-state index contributed by atoms with van der Waals surface area (Å²) in [6.07, 6.45) is 0.879. The highest BCUT2D eigenvalue weighted by atomic mass is 32.2. The molecule has 0 saturated carbocycles. The standard InChI is InChI=1S/C20H17FN2O6S/c1-28-19(24)16-17(12-9-10-15(14(21)11-12)30(3,26)27)22-23(18(16)20(25)29-2)13-7-5-4-6-8-13/h4-11H,1-3H3. The van der Waals surface area contributed by atoms with Crippen LogP contribution in [0.2, 0.25) is 0 Å². The summed E-state index contributed by atoms with van der Waals surface area (Å²) in [6.45, 7) is 0. The van der Waals surface area contributed by atoms with E-state index in [1.165, 1.54) is 10.7 Å². The molecule has 0 radical (unpaired) electrons. The molecule has 0 unspecified atom stereocenters. The molecule has 0 amide bonds. The Hall–Kier alpha value is -3.53. The molecular weight excluding hydrogens is 415 g/mol. The van der Waals surface area contributed by atoms with Gasteiger partial charge in [0.05, 0.1) is 19.9 Å². The second kappa shape index (κ2) is 8.07. The van der Waals surface area contributed by atoms with Crippen molar-refractivity contribution in [2.75, 3.05) is 20.5 Å². The Kier molecular flexibility index (Phi) is 5.70. The Balaban J connectivity index is 2.35. The van der Waals surface area contributed by atoms with Crippen molar-refractivity contribution in [2.24, 2.45) is 0 Å². The van der Waals surface area contributed by atoms with Gasteiger partial charge >= 0.3 is 11.9 Å². The highest BCUT2D eigenvalue weighted by molar-refractivity contribution is 7.90. The Morgan fingerprint density at radius 3 is 2.17 bits per heavy atom. The average molecular weight is 432 g/mol. The van der Waals surface area contributed by atoms with Gasteiger partial charge in [-0.3, -0.25) is 0 Å². The molecule has 3 aromatic rings. The quantitative estimate of drug-likeness (QED) is 0.571. The summed E-state index contributed by atoms with van der Waals surface area (Å²) in [5.41, 5.74) is 0.0191. The van der Waals surface area contributed by atoms with Gasteiger partial charge in [0.2, 0.25) is 0 Å². The summed E-state index contributed by atoms with van der Waals surface area (Å²) in [6, 6.07) is 11.8. The van der Waals surface area contributed by atoms with Crippen molar-refractivity contribution in [3.63, 3.8) is 0 Å². The first-order valence-corrected chi connectivity index (χ1v) is 10.4. The maximum Gasteiger partial charge on any atom is 0.357 e. The number of hydrogen-bond donors (Lipinski definition) is 0. The van der Waals surface area contributed by atoms with Gasteiger partial charge in [-0.05, 0) is 24.3 Å². The summed E-state index contributed by atoms with van der Waals surface area (Å²) in [4.78, 5) is 24.5. The monoisotopic (exact) mass is 432 g/mol. The molecule has 0 N–H and O–H groups in total. The van der Waals surface area contributed by atoms with Crippen LogP contribution in [-0.2, 0) is 19.3 Å². The number of hydrogen-bond acceptors (Lipinski definition) is 7. The number of esters is 2. The largest absolute Gasteiger partial charge is 0.465 e. The van der Waals surface area contributed by atoms with Gasteiger partial charge in [-0.15, -0.1) is 0 Å². The zero-order valence-electron chi connectivity index (χ0n) is 16.2. The first-order chi connectivity index (χ1) is 14.2.